The van der Waals surface area contributed by atoms with E-state index in [2.05, 4.69) is 30.0 Å². The maximum Gasteiger partial charge on any atom is 0.318 e. The maximum atomic E-state index is 16.5. The highest BCUT2D eigenvalue weighted by Crippen LogP contribution is 2.49. The van der Waals surface area contributed by atoms with E-state index in [1.165, 1.54) is 7.11 Å². The number of rotatable bonds is 7. The standard InChI is InChI=1S/C27H30ClFN6O3/c1-37-8-3-5-16-19(28)9-20-17(13-31-34-20)21(16)24-22(29)23-18(12-30-24)25(33-26(32-23)38-2)35-7-4-6-27(14-35)10-15(36)11-27/h9,12-13,15,36H,3-8,10-11,14H2,1-2H3,(H,31,34). The van der Waals surface area contributed by atoms with E-state index in [-0.39, 0.29) is 28.7 Å². The number of anilines is 1. The number of piperidine rings is 1. The van der Waals surface area contributed by atoms with E-state index in [1.54, 1.807) is 25.6 Å². The second-order valence-electron chi connectivity index (χ2n) is 10.4. The lowest BCUT2D eigenvalue weighted by Crippen LogP contribution is -2.52. The zero-order valence-corrected chi connectivity index (χ0v) is 22.2. The van der Waals surface area contributed by atoms with Crippen molar-refractivity contribution in [2.45, 2.75) is 44.6 Å². The van der Waals surface area contributed by atoms with Crippen LogP contribution >= 0.6 is 11.6 Å². The van der Waals surface area contributed by atoms with Crippen LogP contribution in [0.1, 0.15) is 37.7 Å². The molecule has 200 valence electrons. The Bertz CT molecular complexity index is 1500. The number of hydrogen-bond donors (Lipinski definition) is 2. The van der Waals surface area contributed by atoms with Crippen molar-refractivity contribution in [2.75, 3.05) is 38.8 Å². The lowest BCUT2D eigenvalue weighted by Gasteiger charge is -2.51. The highest BCUT2D eigenvalue weighted by molar-refractivity contribution is 6.33. The van der Waals surface area contributed by atoms with E-state index >= 15 is 4.39 Å². The lowest BCUT2D eigenvalue weighted by molar-refractivity contribution is -0.0396. The fourth-order valence-electron chi connectivity index (χ4n) is 6.20. The first-order chi connectivity index (χ1) is 18.4. The molecule has 0 unspecified atom stereocenters. The number of aliphatic hydroxyl groups excluding tert-OH is 1. The minimum Gasteiger partial charge on any atom is -0.467 e. The number of benzene rings is 1. The largest absolute Gasteiger partial charge is 0.467 e. The van der Waals surface area contributed by atoms with E-state index in [0.717, 1.165) is 49.7 Å². The Morgan fingerprint density at radius 2 is 2.08 bits per heavy atom. The summed E-state index contributed by atoms with van der Waals surface area (Å²) in [7, 11) is 3.12. The predicted molar refractivity (Wildman–Crippen MR) is 143 cm³/mol. The molecule has 0 radical (unpaired) electrons. The van der Waals surface area contributed by atoms with Crippen molar-refractivity contribution in [3.63, 3.8) is 0 Å². The first-order valence-corrected chi connectivity index (χ1v) is 13.3. The van der Waals surface area contributed by atoms with Crippen LogP contribution in [0, 0.1) is 11.2 Å². The SMILES string of the molecule is COCCCc1c(Cl)cc2[nH]ncc2c1-c1ncc2c(N3CCCC4(CC(O)C4)C3)nc(OC)nc2c1F. The first-order valence-electron chi connectivity index (χ1n) is 12.9. The van der Waals surface area contributed by atoms with E-state index < -0.39 is 5.82 Å². The number of pyridine rings is 1. The molecular weight excluding hydrogens is 511 g/mol. The molecule has 0 atom stereocenters. The Labute approximate surface area is 224 Å². The average Bonchev–Trinajstić information content (AvgIpc) is 3.36. The van der Waals surface area contributed by atoms with Crippen molar-refractivity contribution in [1.29, 1.82) is 0 Å². The smallest absolute Gasteiger partial charge is 0.318 e. The molecule has 1 saturated heterocycles. The van der Waals surface area contributed by atoms with Gasteiger partial charge in [-0.1, -0.05) is 11.6 Å². The van der Waals surface area contributed by atoms with Gasteiger partial charge in [0.1, 0.15) is 17.0 Å². The number of methoxy groups -OCH3 is 2. The van der Waals surface area contributed by atoms with Gasteiger partial charge in [0.05, 0.1) is 30.3 Å². The number of halogens is 2. The Morgan fingerprint density at radius 1 is 1.24 bits per heavy atom. The van der Waals surface area contributed by atoms with Crippen molar-refractivity contribution in [2.24, 2.45) is 5.41 Å². The number of aromatic amines is 1. The Kier molecular flexibility index (Phi) is 6.57. The molecule has 1 spiro atoms. The quantitative estimate of drug-likeness (QED) is 0.325. The van der Waals surface area contributed by atoms with Crippen LogP contribution in [-0.2, 0) is 11.2 Å². The normalized spacial score (nSPS) is 21.4. The second-order valence-corrected chi connectivity index (χ2v) is 10.9. The number of aliphatic hydroxyl groups is 1. The molecule has 4 heterocycles. The van der Waals surface area contributed by atoms with E-state index in [0.29, 0.717) is 46.8 Å². The summed E-state index contributed by atoms with van der Waals surface area (Å²) in [6.45, 7) is 2.08. The topological polar surface area (TPSA) is 109 Å². The van der Waals surface area contributed by atoms with Crippen LogP contribution in [0.15, 0.2) is 18.5 Å². The molecule has 4 aromatic rings. The molecule has 2 aliphatic rings. The van der Waals surface area contributed by atoms with Gasteiger partial charge in [-0.2, -0.15) is 15.1 Å². The molecule has 0 amide bonds. The van der Waals surface area contributed by atoms with Gasteiger partial charge in [-0.3, -0.25) is 10.1 Å². The molecule has 1 aromatic carbocycles. The number of hydrogen-bond acceptors (Lipinski definition) is 8. The second kappa shape index (κ2) is 9.91. The fraction of sp³-hybridized carbons (Fsp3) is 0.481. The molecule has 2 N–H and O–H groups in total. The van der Waals surface area contributed by atoms with Crippen LogP contribution in [0.2, 0.25) is 5.02 Å². The molecule has 6 rings (SSSR count). The van der Waals surface area contributed by atoms with Gasteiger partial charge in [0.25, 0.3) is 0 Å². The molecule has 1 saturated carbocycles. The Hall–Kier alpha value is -3.08. The Balaban J connectivity index is 1.50. The molecular formula is C27H30ClFN6O3. The summed E-state index contributed by atoms with van der Waals surface area (Å²) in [6, 6.07) is 1.90. The molecule has 11 heteroatoms. The minimum absolute atomic E-state index is 0.0683. The molecule has 9 nitrogen and oxygen atoms in total. The van der Waals surface area contributed by atoms with Crippen LogP contribution < -0.4 is 9.64 Å². The van der Waals surface area contributed by atoms with Gasteiger partial charge < -0.3 is 19.5 Å². The summed E-state index contributed by atoms with van der Waals surface area (Å²) in [6.07, 6.45) is 7.96. The first kappa shape index (κ1) is 25.2. The number of nitrogens with zero attached hydrogens (tertiary/aromatic N) is 5. The molecule has 38 heavy (non-hydrogen) atoms. The highest BCUT2D eigenvalue weighted by Gasteiger charge is 2.46. The van der Waals surface area contributed by atoms with Crippen LogP contribution in [0.25, 0.3) is 33.1 Å². The van der Waals surface area contributed by atoms with Gasteiger partial charge >= 0.3 is 6.01 Å². The van der Waals surface area contributed by atoms with Crippen molar-refractivity contribution in [3.8, 4) is 17.3 Å². The summed E-state index contributed by atoms with van der Waals surface area (Å²) in [5, 5.41) is 18.8. The maximum absolute atomic E-state index is 16.5. The summed E-state index contributed by atoms with van der Waals surface area (Å²) in [5.74, 6) is 0.0399. The molecule has 1 aliphatic carbocycles. The van der Waals surface area contributed by atoms with Gasteiger partial charge in [-0.25, -0.2) is 4.39 Å². The highest BCUT2D eigenvalue weighted by atomic mass is 35.5. The monoisotopic (exact) mass is 540 g/mol. The van der Waals surface area contributed by atoms with Crippen molar-refractivity contribution in [1.82, 2.24) is 25.1 Å². The van der Waals surface area contributed by atoms with Gasteiger partial charge in [0.2, 0.25) is 0 Å². The molecule has 0 bridgehead atoms. The summed E-state index contributed by atoms with van der Waals surface area (Å²) < 4.78 is 27.1. The third-order valence-electron chi connectivity index (χ3n) is 7.94. The number of aromatic nitrogens is 5. The van der Waals surface area contributed by atoms with Crippen molar-refractivity contribution >= 4 is 39.2 Å². The van der Waals surface area contributed by atoms with Crippen molar-refractivity contribution in [3.05, 3.63) is 34.9 Å². The number of H-pyrrole nitrogens is 1. The minimum atomic E-state index is -0.562. The lowest BCUT2D eigenvalue weighted by atomic mass is 9.62. The molecule has 1 aliphatic heterocycles. The molecule has 3 aromatic heterocycles. The van der Waals surface area contributed by atoms with Gasteiger partial charge in [-0.15, -0.1) is 0 Å². The van der Waals surface area contributed by atoms with E-state index in [4.69, 9.17) is 21.1 Å². The van der Waals surface area contributed by atoms with Gasteiger partial charge in [0, 0.05) is 49.0 Å². The Morgan fingerprint density at radius 3 is 2.84 bits per heavy atom. The molecule has 2 fully saturated rings. The predicted octanol–water partition coefficient (Wildman–Crippen LogP) is 4.69. The van der Waals surface area contributed by atoms with Gasteiger partial charge in [-0.05, 0) is 55.6 Å². The van der Waals surface area contributed by atoms with Crippen LogP contribution in [-0.4, -0.2) is 70.3 Å². The van der Waals surface area contributed by atoms with Crippen molar-refractivity contribution < 1.29 is 19.0 Å². The number of nitrogens with one attached hydrogen (secondary N) is 1. The number of ether oxygens (including phenoxy) is 2. The summed E-state index contributed by atoms with van der Waals surface area (Å²) in [5.41, 5.74) is 2.44. The third-order valence-corrected chi connectivity index (χ3v) is 8.27. The van der Waals surface area contributed by atoms with E-state index in [9.17, 15) is 5.11 Å². The van der Waals surface area contributed by atoms with Gasteiger partial charge in [0.15, 0.2) is 5.82 Å². The van der Waals surface area contributed by atoms with Crippen LogP contribution in [0.3, 0.4) is 0 Å². The summed E-state index contributed by atoms with van der Waals surface area (Å²) in [4.78, 5) is 15.8. The van der Waals surface area contributed by atoms with E-state index in [1.807, 2.05) is 0 Å². The third kappa shape index (κ3) is 4.24. The fourth-order valence-corrected chi connectivity index (χ4v) is 6.50. The average molecular weight is 541 g/mol. The zero-order valence-electron chi connectivity index (χ0n) is 21.4. The summed E-state index contributed by atoms with van der Waals surface area (Å²) >= 11 is 6.69. The van der Waals surface area contributed by atoms with Crippen LogP contribution in [0.5, 0.6) is 6.01 Å². The van der Waals surface area contributed by atoms with Crippen LogP contribution in [0.4, 0.5) is 10.2 Å². The number of fused-ring (bicyclic) bond motifs is 2. The zero-order chi connectivity index (χ0) is 26.4.